The van der Waals surface area contributed by atoms with Crippen molar-refractivity contribution in [2.24, 2.45) is 0 Å². The summed E-state index contributed by atoms with van der Waals surface area (Å²) < 4.78 is 5.28. The maximum Gasteiger partial charge on any atom is 0.257 e. The first-order valence-electron chi connectivity index (χ1n) is 6.59. The zero-order valence-corrected chi connectivity index (χ0v) is 11.0. The highest BCUT2D eigenvalue weighted by molar-refractivity contribution is 5.51. The lowest BCUT2D eigenvalue weighted by Crippen LogP contribution is -2.43. The van der Waals surface area contributed by atoms with Crippen molar-refractivity contribution < 1.29 is 4.52 Å². The van der Waals surface area contributed by atoms with Gasteiger partial charge in [0.2, 0.25) is 0 Å². The summed E-state index contributed by atoms with van der Waals surface area (Å²) in [5, 5.41) is 10.9. The molecule has 0 saturated carbocycles. The van der Waals surface area contributed by atoms with Crippen LogP contribution in [0.5, 0.6) is 0 Å². The van der Waals surface area contributed by atoms with Crippen molar-refractivity contribution in [2.45, 2.75) is 25.4 Å². The smallest absolute Gasteiger partial charge is 0.257 e. The fourth-order valence-electron chi connectivity index (χ4n) is 2.28. The van der Waals surface area contributed by atoms with Gasteiger partial charge in [0.25, 0.3) is 5.89 Å². The van der Waals surface area contributed by atoms with E-state index in [0.717, 1.165) is 25.1 Å². The third-order valence-electron chi connectivity index (χ3n) is 3.53. The predicted octanol–water partition coefficient (Wildman–Crippen LogP) is 1.58. The molecule has 0 bridgehead atoms. The van der Waals surface area contributed by atoms with Gasteiger partial charge in [-0.1, -0.05) is 23.4 Å². The first-order chi connectivity index (χ1) is 9.25. The van der Waals surface area contributed by atoms with E-state index in [1.807, 2.05) is 30.3 Å². The van der Waals surface area contributed by atoms with Crippen LogP contribution in [0.1, 0.15) is 19.2 Å². The molecule has 100 valence electrons. The average molecular weight is 258 g/mol. The molecule has 1 aliphatic heterocycles. The van der Waals surface area contributed by atoms with Gasteiger partial charge in [-0.25, -0.2) is 0 Å². The van der Waals surface area contributed by atoms with Gasteiger partial charge in [0.05, 0.1) is 6.54 Å². The largest absolute Gasteiger partial charge is 0.334 e. The Morgan fingerprint density at radius 2 is 2.21 bits per heavy atom. The number of nitrogens with one attached hydrogen (secondary N) is 2. The minimum absolute atomic E-state index is 0.132. The van der Waals surface area contributed by atoms with Crippen molar-refractivity contribution in [3.63, 3.8) is 0 Å². The second-order valence-corrected chi connectivity index (χ2v) is 5.22. The second-order valence-electron chi connectivity index (χ2n) is 5.22. The molecule has 0 radical (unpaired) electrons. The summed E-state index contributed by atoms with van der Waals surface area (Å²) in [7, 11) is 0. The molecule has 1 atom stereocenters. The van der Waals surface area contributed by atoms with Crippen molar-refractivity contribution in [3.8, 4) is 11.5 Å². The van der Waals surface area contributed by atoms with Gasteiger partial charge in [0.1, 0.15) is 0 Å². The van der Waals surface area contributed by atoms with Gasteiger partial charge in [-0.3, -0.25) is 0 Å². The molecule has 3 rings (SSSR count). The van der Waals surface area contributed by atoms with E-state index in [1.165, 1.54) is 0 Å². The molecular weight excluding hydrogens is 240 g/mol. The summed E-state index contributed by atoms with van der Waals surface area (Å²) in [6, 6.07) is 9.82. The van der Waals surface area contributed by atoms with Crippen LogP contribution in [0.2, 0.25) is 0 Å². The van der Waals surface area contributed by atoms with Gasteiger partial charge >= 0.3 is 0 Å². The molecule has 1 unspecified atom stereocenters. The molecule has 1 fully saturated rings. The number of nitrogens with zero attached hydrogens (tertiary/aromatic N) is 2. The van der Waals surface area contributed by atoms with Gasteiger partial charge in [0.15, 0.2) is 5.82 Å². The summed E-state index contributed by atoms with van der Waals surface area (Å²) >= 11 is 0. The fraction of sp³-hybridized carbons (Fsp3) is 0.429. The Kier molecular flexibility index (Phi) is 3.31. The molecule has 0 aliphatic carbocycles. The molecule has 1 aromatic carbocycles. The maximum absolute atomic E-state index is 5.28. The molecule has 0 amide bonds. The van der Waals surface area contributed by atoms with Crippen LogP contribution in [0.3, 0.4) is 0 Å². The second kappa shape index (κ2) is 5.11. The van der Waals surface area contributed by atoms with E-state index < -0.39 is 0 Å². The molecule has 1 aliphatic rings. The van der Waals surface area contributed by atoms with Crippen LogP contribution in [0.4, 0.5) is 0 Å². The zero-order chi connectivity index (χ0) is 13.1. The van der Waals surface area contributed by atoms with Crippen LogP contribution in [-0.4, -0.2) is 28.8 Å². The van der Waals surface area contributed by atoms with E-state index in [0.29, 0.717) is 18.3 Å². The minimum atomic E-state index is 0.132. The van der Waals surface area contributed by atoms with Crippen LogP contribution >= 0.6 is 0 Å². The van der Waals surface area contributed by atoms with Crippen molar-refractivity contribution in [1.82, 2.24) is 20.8 Å². The van der Waals surface area contributed by atoms with E-state index >= 15 is 0 Å². The highest BCUT2D eigenvalue weighted by Crippen LogP contribution is 2.17. The third kappa shape index (κ3) is 2.83. The normalized spacial score (nSPS) is 22.8. The van der Waals surface area contributed by atoms with Crippen LogP contribution < -0.4 is 10.6 Å². The lowest BCUT2D eigenvalue weighted by atomic mass is 10.0. The standard InChI is InChI=1S/C14H18N4O/c1-14(7-8-15-10-14)16-9-12-17-13(19-18-12)11-5-3-2-4-6-11/h2-6,15-16H,7-10H2,1H3. The fourth-order valence-corrected chi connectivity index (χ4v) is 2.28. The molecular formula is C14H18N4O. The molecule has 1 saturated heterocycles. The Bertz CT molecular complexity index is 531. The molecule has 0 spiro atoms. The number of hydrogen-bond donors (Lipinski definition) is 2. The van der Waals surface area contributed by atoms with Gasteiger partial charge in [-0.15, -0.1) is 0 Å². The topological polar surface area (TPSA) is 63.0 Å². The molecule has 2 heterocycles. The minimum Gasteiger partial charge on any atom is -0.334 e. The third-order valence-corrected chi connectivity index (χ3v) is 3.53. The Labute approximate surface area is 112 Å². The highest BCUT2D eigenvalue weighted by Gasteiger charge is 2.28. The molecule has 2 aromatic rings. The van der Waals surface area contributed by atoms with Gasteiger partial charge in [-0.05, 0) is 32.0 Å². The van der Waals surface area contributed by atoms with Crippen LogP contribution in [0.15, 0.2) is 34.9 Å². The van der Waals surface area contributed by atoms with Crippen molar-refractivity contribution in [1.29, 1.82) is 0 Å². The summed E-state index contributed by atoms with van der Waals surface area (Å²) in [6.45, 7) is 4.89. The summed E-state index contributed by atoms with van der Waals surface area (Å²) in [6.07, 6.45) is 1.12. The van der Waals surface area contributed by atoms with Gasteiger partial charge in [0, 0.05) is 17.6 Å². The lowest BCUT2D eigenvalue weighted by Gasteiger charge is -2.23. The van der Waals surface area contributed by atoms with Crippen LogP contribution in [-0.2, 0) is 6.54 Å². The summed E-state index contributed by atoms with van der Waals surface area (Å²) in [4.78, 5) is 4.41. The Morgan fingerprint density at radius 1 is 1.37 bits per heavy atom. The Balaban J connectivity index is 1.65. The number of aromatic nitrogens is 2. The number of rotatable bonds is 4. The van der Waals surface area contributed by atoms with Gasteiger partial charge in [-0.2, -0.15) is 4.98 Å². The van der Waals surface area contributed by atoms with Crippen molar-refractivity contribution in [2.75, 3.05) is 13.1 Å². The molecule has 1 aromatic heterocycles. The van der Waals surface area contributed by atoms with E-state index in [-0.39, 0.29) is 5.54 Å². The Morgan fingerprint density at radius 3 is 2.95 bits per heavy atom. The summed E-state index contributed by atoms with van der Waals surface area (Å²) in [5.74, 6) is 1.28. The Hall–Kier alpha value is -1.72. The molecule has 19 heavy (non-hydrogen) atoms. The molecule has 5 nitrogen and oxygen atoms in total. The average Bonchev–Trinajstić information content (AvgIpc) is 3.07. The quantitative estimate of drug-likeness (QED) is 0.871. The molecule has 2 N–H and O–H groups in total. The van der Waals surface area contributed by atoms with Crippen LogP contribution in [0.25, 0.3) is 11.5 Å². The highest BCUT2D eigenvalue weighted by atomic mass is 16.5. The van der Waals surface area contributed by atoms with Crippen LogP contribution in [0, 0.1) is 0 Å². The predicted molar refractivity (Wildman–Crippen MR) is 72.5 cm³/mol. The zero-order valence-electron chi connectivity index (χ0n) is 11.0. The van der Waals surface area contributed by atoms with E-state index in [1.54, 1.807) is 0 Å². The van der Waals surface area contributed by atoms with Crippen molar-refractivity contribution in [3.05, 3.63) is 36.2 Å². The van der Waals surface area contributed by atoms with Gasteiger partial charge < -0.3 is 15.2 Å². The van der Waals surface area contributed by atoms with Crippen molar-refractivity contribution >= 4 is 0 Å². The van der Waals surface area contributed by atoms with E-state index in [2.05, 4.69) is 27.7 Å². The lowest BCUT2D eigenvalue weighted by molar-refractivity contribution is 0.368. The van der Waals surface area contributed by atoms with E-state index in [9.17, 15) is 0 Å². The summed E-state index contributed by atoms with van der Waals surface area (Å²) in [5.41, 5.74) is 1.09. The number of benzene rings is 1. The first-order valence-corrected chi connectivity index (χ1v) is 6.59. The monoisotopic (exact) mass is 258 g/mol. The first kappa shape index (κ1) is 12.3. The molecule has 5 heteroatoms. The maximum atomic E-state index is 5.28. The van der Waals surface area contributed by atoms with E-state index in [4.69, 9.17) is 4.52 Å². The SMILES string of the molecule is CC1(NCc2noc(-c3ccccc3)n2)CCNC1. The number of hydrogen-bond acceptors (Lipinski definition) is 5.